The normalized spacial score (nSPS) is 13.5. The Kier molecular flexibility index (Phi) is 7.03. The first-order valence-corrected chi connectivity index (χ1v) is 11.4. The summed E-state index contributed by atoms with van der Waals surface area (Å²) in [6.07, 6.45) is 5.70. The Morgan fingerprint density at radius 1 is 1.22 bits per heavy atom. The van der Waals surface area contributed by atoms with Gasteiger partial charge < -0.3 is 4.74 Å². The van der Waals surface area contributed by atoms with Gasteiger partial charge in [0, 0.05) is 22.9 Å². The first-order valence-electron chi connectivity index (χ1n) is 10.2. The van der Waals surface area contributed by atoms with Gasteiger partial charge in [0.05, 0.1) is 12.6 Å². The second kappa shape index (κ2) is 9.56. The number of hydrogen-bond donors (Lipinski definition) is 0. The molecule has 2 atom stereocenters. The van der Waals surface area contributed by atoms with E-state index in [-0.39, 0.29) is 18.1 Å². The van der Waals surface area contributed by atoms with E-state index in [0.29, 0.717) is 16.8 Å². The molecule has 0 N–H and O–H groups in total. The summed E-state index contributed by atoms with van der Waals surface area (Å²) in [5, 5.41) is -0.931. The van der Waals surface area contributed by atoms with E-state index in [1.165, 1.54) is 19.2 Å². The summed E-state index contributed by atoms with van der Waals surface area (Å²) in [6.45, 7) is 5.59. The number of rotatable bonds is 7. The molecule has 7 heteroatoms. The zero-order valence-corrected chi connectivity index (χ0v) is 19.3. The summed E-state index contributed by atoms with van der Waals surface area (Å²) < 4.78 is 37.0. The van der Waals surface area contributed by atoms with Gasteiger partial charge in [-0.15, -0.1) is 10.9 Å². The number of aromatic nitrogens is 1. The predicted molar refractivity (Wildman–Crippen MR) is 123 cm³/mol. The van der Waals surface area contributed by atoms with Crippen LogP contribution in [0.4, 0.5) is 4.39 Å². The molecule has 5 nitrogen and oxygen atoms in total. The maximum Gasteiger partial charge on any atom is 0.539 e. The third kappa shape index (κ3) is 4.14. The number of hydrogen-bond acceptors (Lipinski definition) is 5. The Hall–Kier alpha value is -3.13. The summed E-state index contributed by atoms with van der Waals surface area (Å²) in [6, 6.07) is 13.3. The molecule has 0 aliphatic heterocycles. The summed E-state index contributed by atoms with van der Waals surface area (Å²) in [7, 11) is -1.29. The monoisotopic (exact) mass is 452 g/mol. The Morgan fingerprint density at radius 2 is 1.88 bits per heavy atom. The molecule has 1 heterocycles. The van der Waals surface area contributed by atoms with Crippen LogP contribution < -0.4 is 4.74 Å². The zero-order valence-electron chi connectivity index (χ0n) is 18.4. The number of para-hydroxylation sites is 1. The molecule has 0 spiro atoms. The van der Waals surface area contributed by atoms with Crippen LogP contribution in [0, 0.1) is 18.2 Å². The second-order valence-electron chi connectivity index (χ2n) is 7.57. The molecule has 0 saturated carbocycles. The summed E-state index contributed by atoms with van der Waals surface area (Å²) in [4.78, 5) is 18.0. The minimum Gasteiger partial charge on any atom is -0.419 e. The predicted octanol–water partition coefficient (Wildman–Crippen LogP) is 6.24. The largest absolute Gasteiger partial charge is 0.539 e. The topological polar surface area (TPSA) is 65.5 Å². The van der Waals surface area contributed by atoms with Crippen LogP contribution in [0.2, 0.25) is 0 Å². The third-order valence-electron chi connectivity index (χ3n) is 5.34. The van der Waals surface area contributed by atoms with Crippen LogP contribution in [0.5, 0.6) is 5.75 Å². The standard InChI is InChI=1S/C25H24FNO4P/c1-6-25(7-2,32(29)30-5)24(28)31-23-21(16(3)4)19-10-8-9-11-20(19)27-22(23)17-12-14-18(26)15-13-17/h1,8-16H,7H2,2-5H3/q+1. The Bertz CT molecular complexity index is 1220. The van der Waals surface area contributed by atoms with Crippen molar-refractivity contribution in [1.82, 2.24) is 4.98 Å². The van der Waals surface area contributed by atoms with Crippen molar-refractivity contribution >= 4 is 24.9 Å². The number of carbonyl (C=O) groups is 1. The van der Waals surface area contributed by atoms with E-state index in [0.717, 1.165) is 10.9 Å². The van der Waals surface area contributed by atoms with E-state index in [2.05, 4.69) is 5.92 Å². The van der Waals surface area contributed by atoms with Gasteiger partial charge >= 0.3 is 19.2 Å². The molecular formula is C25H24FNO4P+. The smallest absolute Gasteiger partial charge is 0.419 e. The lowest BCUT2D eigenvalue weighted by Crippen LogP contribution is -2.37. The minimum absolute atomic E-state index is 0.0528. The summed E-state index contributed by atoms with van der Waals surface area (Å²) >= 11 is 0. The van der Waals surface area contributed by atoms with Crippen LogP contribution in [0.15, 0.2) is 48.5 Å². The minimum atomic E-state index is -2.52. The van der Waals surface area contributed by atoms with Gasteiger partial charge in [0.15, 0.2) is 5.75 Å². The maximum absolute atomic E-state index is 13.6. The van der Waals surface area contributed by atoms with E-state index in [9.17, 15) is 13.8 Å². The van der Waals surface area contributed by atoms with Crippen molar-refractivity contribution in [1.29, 1.82) is 0 Å². The van der Waals surface area contributed by atoms with E-state index < -0.39 is 25.0 Å². The molecule has 32 heavy (non-hydrogen) atoms. The number of pyridine rings is 1. The van der Waals surface area contributed by atoms with Crippen molar-refractivity contribution in [2.24, 2.45) is 0 Å². The number of fused-ring (bicyclic) bond motifs is 1. The molecule has 0 amide bonds. The fourth-order valence-electron chi connectivity index (χ4n) is 3.59. The van der Waals surface area contributed by atoms with Crippen molar-refractivity contribution in [3.8, 4) is 29.4 Å². The fraction of sp³-hybridized carbons (Fsp3) is 0.280. The molecular weight excluding hydrogens is 428 g/mol. The molecule has 0 aliphatic rings. The molecule has 0 aliphatic carbocycles. The van der Waals surface area contributed by atoms with E-state index >= 15 is 0 Å². The van der Waals surface area contributed by atoms with Gasteiger partial charge in [-0.3, -0.25) is 0 Å². The Balaban J connectivity index is 2.30. The first kappa shape index (κ1) is 23.5. The Morgan fingerprint density at radius 3 is 2.44 bits per heavy atom. The lowest BCUT2D eigenvalue weighted by molar-refractivity contribution is -0.136. The number of terminal acetylenes is 1. The van der Waals surface area contributed by atoms with E-state index in [1.54, 1.807) is 19.1 Å². The lowest BCUT2D eigenvalue weighted by atomic mass is 9.94. The van der Waals surface area contributed by atoms with Crippen molar-refractivity contribution in [2.75, 3.05) is 7.11 Å². The number of esters is 1. The highest BCUT2D eigenvalue weighted by Gasteiger charge is 2.57. The van der Waals surface area contributed by atoms with Crippen molar-refractivity contribution in [2.45, 2.75) is 38.3 Å². The van der Waals surface area contributed by atoms with Crippen LogP contribution >= 0.6 is 8.03 Å². The number of halogens is 1. The highest BCUT2D eigenvalue weighted by atomic mass is 31.1. The van der Waals surface area contributed by atoms with Gasteiger partial charge in [-0.05, 0) is 46.7 Å². The average Bonchev–Trinajstić information content (AvgIpc) is 2.79. The van der Waals surface area contributed by atoms with Crippen LogP contribution in [-0.2, 0) is 13.9 Å². The summed E-state index contributed by atoms with van der Waals surface area (Å²) in [5.74, 6) is 1.24. The van der Waals surface area contributed by atoms with Crippen molar-refractivity contribution < 1.29 is 23.0 Å². The van der Waals surface area contributed by atoms with Crippen LogP contribution in [0.1, 0.15) is 38.7 Å². The highest BCUT2D eigenvalue weighted by molar-refractivity contribution is 7.43. The van der Waals surface area contributed by atoms with Crippen LogP contribution in [-0.4, -0.2) is 23.2 Å². The molecule has 0 saturated heterocycles. The van der Waals surface area contributed by atoms with Gasteiger partial charge in [0.25, 0.3) is 0 Å². The number of carbonyl (C=O) groups excluding carboxylic acids is 1. The van der Waals surface area contributed by atoms with Gasteiger partial charge in [0.1, 0.15) is 11.5 Å². The average molecular weight is 452 g/mol. The maximum atomic E-state index is 13.6. The molecule has 3 aromatic rings. The first-order chi connectivity index (χ1) is 15.3. The second-order valence-corrected chi connectivity index (χ2v) is 9.21. The van der Waals surface area contributed by atoms with Crippen LogP contribution in [0.25, 0.3) is 22.2 Å². The van der Waals surface area contributed by atoms with Gasteiger partial charge in [-0.25, -0.2) is 14.2 Å². The molecule has 3 rings (SSSR count). The Labute approximate surface area is 187 Å². The third-order valence-corrected chi connectivity index (χ3v) is 6.92. The lowest BCUT2D eigenvalue weighted by Gasteiger charge is -2.21. The summed E-state index contributed by atoms with van der Waals surface area (Å²) in [5.41, 5.74) is 2.39. The van der Waals surface area contributed by atoms with Crippen molar-refractivity contribution in [3.05, 3.63) is 59.9 Å². The van der Waals surface area contributed by atoms with Crippen LogP contribution in [0.3, 0.4) is 0 Å². The molecule has 2 unspecified atom stereocenters. The molecule has 0 bridgehead atoms. The van der Waals surface area contributed by atoms with Gasteiger partial charge in [-0.2, -0.15) is 0 Å². The SMILES string of the molecule is C#CC(CC)(C(=O)Oc1c(-c2ccc(F)cc2)nc2ccccc2c1C(C)C)[P+](=O)OC. The number of nitrogens with zero attached hydrogens (tertiary/aromatic N) is 1. The van der Waals surface area contributed by atoms with Gasteiger partial charge in [0.2, 0.25) is 0 Å². The molecule has 1 aromatic heterocycles. The molecule has 0 radical (unpaired) electrons. The van der Waals surface area contributed by atoms with E-state index in [1.807, 2.05) is 38.1 Å². The van der Waals surface area contributed by atoms with Gasteiger partial charge in [-0.1, -0.05) is 39.0 Å². The molecule has 164 valence electrons. The zero-order chi connectivity index (χ0) is 23.5. The van der Waals surface area contributed by atoms with E-state index in [4.69, 9.17) is 20.7 Å². The highest BCUT2D eigenvalue weighted by Crippen LogP contribution is 2.45. The molecule has 2 aromatic carbocycles. The van der Waals surface area contributed by atoms with Crippen molar-refractivity contribution in [3.63, 3.8) is 0 Å². The number of benzene rings is 2. The number of ether oxygens (including phenoxy) is 1. The fourth-order valence-corrected chi connectivity index (χ4v) is 4.46. The molecule has 0 fully saturated rings. The quantitative estimate of drug-likeness (QED) is 0.241.